The fraction of sp³-hybridized carbons (Fsp3) is 0.133. The average Bonchev–Trinajstić information content (AvgIpc) is 2.38. The molecule has 2 rings (SSSR count). The van der Waals surface area contributed by atoms with Gasteiger partial charge in [0.2, 0.25) is 0 Å². The van der Waals surface area contributed by atoms with Gasteiger partial charge in [0.25, 0.3) is 0 Å². The molecule has 0 saturated carbocycles. The summed E-state index contributed by atoms with van der Waals surface area (Å²) in [5, 5.41) is 0. The summed E-state index contributed by atoms with van der Waals surface area (Å²) in [6.07, 6.45) is 0. The summed E-state index contributed by atoms with van der Waals surface area (Å²) in [5.41, 5.74) is -0.120. The van der Waals surface area contributed by atoms with E-state index in [1.165, 1.54) is 29.2 Å². The highest BCUT2D eigenvalue weighted by Crippen LogP contribution is 2.17. The van der Waals surface area contributed by atoms with E-state index >= 15 is 0 Å². The molecular weight excluding hydrogens is 267 g/mol. The van der Waals surface area contributed by atoms with Crippen molar-refractivity contribution in [2.45, 2.75) is 0 Å². The van der Waals surface area contributed by atoms with Crippen LogP contribution in [0.4, 0.5) is 18.9 Å². The zero-order chi connectivity index (χ0) is 14.7. The third kappa shape index (κ3) is 2.99. The molecule has 2 nitrogen and oxygen atoms in total. The number of carbonyl (C=O) groups is 1. The first kappa shape index (κ1) is 14.1. The van der Waals surface area contributed by atoms with Crippen LogP contribution >= 0.6 is 0 Å². The molecule has 0 spiro atoms. The molecule has 0 heterocycles. The van der Waals surface area contributed by atoms with Gasteiger partial charge in [-0.15, -0.1) is 0 Å². The van der Waals surface area contributed by atoms with Crippen LogP contribution < -0.4 is 4.90 Å². The number of hydrogen-bond donors (Lipinski definition) is 0. The second kappa shape index (κ2) is 5.77. The minimum atomic E-state index is -0.900. The van der Waals surface area contributed by atoms with Crippen LogP contribution in [-0.4, -0.2) is 19.4 Å². The predicted octanol–water partition coefficient (Wildman–Crippen LogP) is 3.42. The maximum atomic E-state index is 13.5. The molecule has 0 unspecified atom stereocenters. The van der Waals surface area contributed by atoms with Crippen LogP contribution in [0, 0.1) is 17.5 Å². The highest BCUT2D eigenvalue weighted by molar-refractivity contribution is 5.99. The number of rotatable bonds is 4. The van der Waals surface area contributed by atoms with E-state index < -0.39 is 28.8 Å². The van der Waals surface area contributed by atoms with E-state index in [1.54, 1.807) is 13.1 Å². The van der Waals surface area contributed by atoms with Gasteiger partial charge in [0.1, 0.15) is 17.5 Å². The highest BCUT2D eigenvalue weighted by atomic mass is 19.1. The molecule has 2 aromatic rings. The summed E-state index contributed by atoms with van der Waals surface area (Å²) in [4.78, 5) is 13.4. The molecule has 0 fully saturated rings. The van der Waals surface area contributed by atoms with Crippen molar-refractivity contribution in [2.24, 2.45) is 0 Å². The topological polar surface area (TPSA) is 20.3 Å². The fourth-order valence-corrected chi connectivity index (χ4v) is 1.86. The van der Waals surface area contributed by atoms with Crippen molar-refractivity contribution >= 4 is 11.5 Å². The Bertz CT molecular complexity index is 623. The van der Waals surface area contributed by atoms with E-state index in [0.29, 0.717) is 5.69 Å². The molecule has 2 aromatic carbocycles. The summed E-state index contributed by atoms with van der Waals surface area (Å²) in [7, 11) is 1.55. The first-order chi connectivity index (χ1) is 9.49. The lowest BCUT2D eigenvalue weighted by molar-refractivity contribution is 0.0992. The van der Waals surface area contributed by atoms with Gasteiger partial charge in [0.15, 0.2) is 5.78 Å². The Morgan fingerprint density at radius 1 is 1.05 bits per heavy atom. The number of halogens is 3. The monoisotopic (exact) mass is 279 g/mol. The van der Waals surface area contributed by atoms with E-state index in [-0.39, 0.29) is 6.54 Å². The standard InChI is InChI=1S/C15H12F3NO/c1-19(11-5-2-4-10(16)8-11)9-14(20)15-12(17)6-3-7-13(15)18/h2-8H,9H2,1H3. The number of carbonyl (C=O) groups excluding carboxylic acids is 1. The highest BCUT2D eigenvalue weighted by Gasteiger charge is 2.18. The lowest BCUT2D eigenvalue weighted by Crippen LogP contribution is -2.27. The second-order valence-corrected chi connectivity index (χ2v) is 4.36. The van der Waals surface area contributed by atoms with Crippen molar-refractivity contribution in [3.05, 3.63) is 65.5 Å². The fourth-order valence-electron chi connectivity index (χ4n) is 1.86. The van der Waals surface area contributed by atoms with Crippen LogP contribution in [0.3, 0.4) is 0 Å². The first-order valence-corrected chi connectivity index (χ1v) is 5.93. The molecule has 0 aliphatic rings. The van der Waals surface area contributed by atoms with Gasteiger partial charge in [0.05, 0.1) is 12.1 Å². The SMILES string of the molecule is CN(CC(=O)c1c(F)cccc1F)c1cccc(F)c1. The molecule has 104 valence electrons. The molecule has 0 saturated heterocycles. The molecule has 0 bridgehead atoms. The molecule has 20 heavy (non-hydrogen) atoms. The predicted molar refractivity (Wildman–Crippen MR) is 70.4 cm³/mol. The third-order valence-electron chi connectivity index (χ3n) is 2.87. The van der Waals surface area contributed by atoms with Crippen LogP contribution in [0.15, 0.2) is 42.5 Å². The number of Topliss-reactive ketones (excluding diaryl/α,β-unsaturated/α-hetero) is 1. The lowest BCUT2D eigenvalue weighted by Gasteiger charge is -2.18. The largest absolute Gasteiger partial charge is 0.367 e. The van der Waals surface area contributed by atoms with Crippen molar-refractivity contribution in [3.8, 4) is 0 Å². The molecule has 0 aliphatic heterocycles. The lowest BCUT2D eigenvalue weighted by atomic mass is 10.1. The normalized spacial score (nSPS) is 10.4. The van der Waals surface area contributed by atoms with Crippen LogP contribution in [-0.2, 0) is 0 Å². The molecule has 0 amide bonds. The quantitative estimate of drug-likeness (QED) is 0.799. The molecule has 0 aliphatic carbocycles. The van der Waals surface area contributed by atoms with Crippen molar-refractivity contribution in [2.75, 3.05) is 18.5 Å². The maximum absolute atomic E-state index is 13.5. The first-order valence-electron chi connectivity index (χ1n) is 5.93. The molecular formula is C15H12F3NO. The average molecular weight is 279 g/mol. The zero-order valence-electron chi connectivity index (χ0n) is 10.7. The Kier molecular flexibility index (Phi) is 4.08. The molecule has 0 aromatic heterocycles. The summed E-state index contributed by atoms with van der Waals surface area (Å²) < 4.78 is 40.0. The Morgan fingerprint density at radius 2 is 1.65 bits per heavy atom. The Labute approximate surface area is 114 Å². The van der Waals surface area contributed by atoms with Crippen molar-refractivity contribution in [1.82, 2.24) is 0 Å². The van der Waals surface area contributed by atoms with E-state index in [2.05, 4.69) is 0 Å². The summed E-state index contributed by atoms with van der Waals surface area (Å²) in [5.74, 6) is -2.95. The van der Waals surface area contributed by atoms with Crippen molar-refractivity contribution < 1.29 is 18.0 Å². The minimum Gasteiger partial charge on any atom is -0.367 e. The van der Waals surface area contributed by atoms with E-state index in [9.17, 15) is 18.0 Å². The van der Waals surface area contributed by atoms with Gasteiger partial charge in [0, 0.05) is 12.7 Å². The number of ketones is 1. The number of nitrogens with zero attached hydrogens (tertiary/aromatic N) is 1. The smallest absolute Gasteiger partial charge is 0.187 e. The van der Waals surface area contributed by atoms with Crippen LogP contribution in [0.5, 0.6) is 0 Å². The number of benzene rings is 2. The van der Waals surface area contributed by atoms with Crippen LogP contribution in [0.1, 0.15) is 10.4 Å². The van der Waals surface area contributed by atoms with Gasteiger partial charge in [-0.05, 0) is 30.3 Å². The van der Waals surface area contributed by atoms with E-state index in [0.717, 1.165) is 12.1 Å². The molecule has 5 heteroatoms. The van der Waals surface area contributed by atoms with Crippen molar-refractivity contribution in [1.29, 1.82) is 0 Å². The number of hydrogen-bond acceptors (Lipinski definition) is 2. The van der Waals surface area contributed by atoms with Crippen molar-refractivity contribution in [3.63, 3.8) is 0 Å². The van der Waals surface area contributed by atoms with Gasteiger partial charge < -0.3 is 4.90 Å². The van der Waals surface area contributed by atoms with Gasteiger partial charge in [-0.25, -0.2) is 13.2 Å². The van der Waals surface area contributed by atoms with E-state index in [1.807, 2.05) is 0 Å². The van der Waals surface area contributed by atoms with Gasteiger partial charge in [-0.1, -0.05) is 12.1 Å². The number of anilines is 1. The second-order valence-electron chi connectivity index (χ2n) is 4.36. The van der Waals surface area contributed by atoms with Gasteiger partial charge in [-0.3, -0.25) is 4.79 Å². The Hall–Kier alpha value is -2.30. The van der Waals surface area contributed by atoms with Crippen LogP contribution in [0.25, 0.3) is 0 Å². The summed E-state index contributed by atoms with van der Waals surface area (Å²) >= 11 is 0. The van der Waals surface area contributed by atoms with E-state index in [4.69, 9.17) is 0 Å². The Balaban J connectivity index is 2.20. The summed E-state index contributed by atoms with van der Waals surface area (Å²) in [6, 6.07) is 8.86. The number of likely N-dealkylation sites (N-methyl/N-ethyl adjacent to an activating group) is 1. The molecule has 0 atom stereocenters. The minimum absolute atomic E-state index is 0.249. The summed E-state index contributed by atoms with van der Waals surface area (Å²) in [6.45, 7) is -0.249. The molecule has 0 radical (unpaired) electrons. The van der Waals surface area contributed by atoms with Gasteiger partial charge >= 0.3 is 0 Å². The van der Waals surface area contributed by atoms with Gasteiger partial charge in [-0.2, -0.15) is 0 Å². The maximum Gasteiger partial charge on any atom is 0.187 e. The molecule has 0 N–H and O–H groups in total. The third-order valence-corrected chi connectivity index (χ3v) is 2.87. The van der Waals surface area contributed by atoms with Crippen LogP contribution in [0.2, 0.25) is 0 Å². The zero-order valence-corrected chi connectivity index (χ0v) is 10.7. The Morgan fingerprint density at radius 3 is 2.25 bits per heavy atom.